The Bertz CT molecular complexity index is 486. The van der Waals surface area contributed by atoms with E-state index >= 15 is 0 Å². The molecule has 0 saturated heterocycles. The van der Waals surface area contributed by atoms with Gasteiger partial charge in [0, 0.05) is 18.6 Å². The summed E-state index contributed by atoms with van der Waals surface area (Å²) >= 11 is 5.93. The fourth-order valence-electron chi connectivity index (χ4n) is 1.71. The van der Waals surface area contributed by atoms with Crippen LogP contribution in [0.1, 0.15) is 17.5 Å². The molecule has 1 aromatic rings. The van der Waals surface area contributed by atoms with E-state index in [0.717, 1.165) is 11.1 Å². The summed E-state index contributed by atoms with van der Waals surface area (Å²) in [7, 11) is 1.66. The zero-order valence-corrected chi connectivity index (χ0v) is 12.1. The number of ether oxygens (including phenoxy) is 1. The number of nitriles is 1. The topological polar surface area (TPSA) is 53.3 Å². The Morgan fingerprint density at radius 1 is 1.42 bits per heavy atom. The van der Waals surface area contributed by atoms with E-state index < -0.39 is 0 Å². The molecular weight excluding hydrogens is 264 g/mol. The van der Waals surface area contributed by atoms with E-state index in [9.17, 15) is 4.79 Å². The van der Waals surface area contributed by atoms with E-state index in [0.29, 0.717) is 23.7 Å². The number of aryl methyl sites for hydroxylation is 2. The Labute approximate surface area is 118 Å². The zero-order chi connectivity index (χ0) is 14.4. The molecule has 5 heteroatoms. The predicted molar refractivity (Wildman–Crippen MR) is 74.3 cm³/mol. The number of hydrogen-bond donors (Lipinski definition) is 0. The van der Waals surface area contributed by atoms with Gasteiger partial charge in [-0.3, -0.25) is 4.79 Å². The van der Waals surface area contributed by atoms with Crippen molar-refractivity contribution in [2.75, 3.05) is 20.2 Å². The van der Waals surface area contributed by atoms with Gasteiger partial charge in [-0.25, -0.2) is 0 Å². The Balaban J connectivity index is 2.63. The van der Waals surface area contributed by atoms with Crippen LogP contribution in [-0.2, 0) is 4.79 Å². The fourth-order valence-corrected chi connectivity index (χ4v) is 2.04. The first-order valence-corrected chi connectivity index (χ1v) is 6.34. The van der Waals surface area contributed by atoms with Crippen LogP contribution in [0, 0.1) is 25.2 Å². The number of amides is 1. The summed E-state index contributed by atoms with van der Waals surface area (Å²) in [5, 5.41) is 9.12. The molecule has 0 N–H and O–H groups in total. The molecule has 0 radical (unpaired) electrons. The third-order valence-electron chi connectivity index (χ3n) is 2.75. The molecule has 0 aliphatic heterocycles. The van der Waals surface area contributed by atoms with Crippen molar-refractivity contribution in [2.45, 2.75) is 20.3 Å². The van der Waals surface area contributed by atoms with Crippen LogP contribution in [0.4, 0.5) is 0 Å². The molecular formula is C14H17ClN2O2. The van der Waals surface area contributed by atoms with Gasteiger partial charge in [-0.1, -0.05) is 11.6 Å². The van der Waals surface area contributed by atoms with E-state index in [-0.39, 0.29) is 12.5 Å². The van der Waals surface area contributed by atoms with Crippen LogP contribution in [0.3, 0.4) is 0 Å². The van der Waals surface area contributed by atoms with Crippen LogP contribution >= 0.6 is 11.6 Å². The largest absolute Gasteiger partial charge is 0.483 e. The first-order chi connectivity index (χ1) is 8.95. The lowest BCUT2D eigenvalue weighted by atomic mass is 10.1. The number of carbonyl (C=O) groups excluding carboxylic acids is 1. The second-order valence-electron chi connectivity index (χ2n) is 4.38. The second kappa shape index (κ2) is 7.01. The number of halogens is 1. The molecule has 0 fully saturated rings. The Morgan fingerprint density at radius 3 is 2.53 bits per heavy atom. The van der Waals surface area contributed by atoms with E-state index in [2.05, 4.69) is 0 Å². The average Bonchev–Trinajstić information content (AvgIpc) is 2.34. The molecule has 1 aromatic carbocycles. The molecule has 19 heavy (non-hydrogen) atoms. The maximum atomic E-state index is 11.8. The van der Waals surface area contributed by atoms with Crippen molar-refractivity contribution in [3.8, 4) is 11.8 Å². The molecule has 0 bridgehead atoms. The lowest BCUT2D eigenvalue weighted by Crippen LogP contribution is -2.32. The van der Waals surface area contributed by atoms with Crippen molar-refractivity contribution >= 4 is 17.5 Å². The van der Waals surface area contributed by atoms with Crippen molar-refractivity contribution in [1.82, 2.24) is 4.90 Å². The smallest absolute Gasteiger partial charge is 0.260 e. The third kappa shape index (κ3) is 4.46. The highest BCUT2D eigenvalue weighted by atomic mass is 35.5. The maximum absolute atomic E-state index is 11.8. The van der Waals surface area contributed by atoms with Gasteiger partial charge < -0.3 is 9.64 Å². The first-order valence-electron chi connectivity index (χ1n) is 5.96. The monoisotopic (exact) mass is 280 g/mol. The van der Waals surface area contributed by atoms with Crippen LogP contribution in [0.2, 0.25) is 5.02 Å². The molecule has 0 heterocycles. The van der Waals surface area contributed by atoms with Gasteiger partial charge in [0.15, 0.2) is 6.61 Å². The number of likely N-dealkylation sites (N-methyl/N-ethyl adjacent to an activating group) is 1. The van der Waals surface area contributed by atoms with Gasteiger partial charge in [0.2, 0.25) is 0 Å². The van der Waals surface area contributed by atoms with E-state index in [1.807, 2.05) is 19.9 Å². The minimum absolute atomic E-state index is 0.0365. The number of hydrogen-bond acceptors (Lipinski definition) is 3. The Kier molecular flexibility index (Phi) is 5.65. The second-order valence-corrected chi connectivity index (χ2v) is 4.82. The van der Waals surface area contributed by atoms with E-state index in [4.69, 9.17) is 21.6 Å². The standard InChI is InChI=1S/C14H17ClN2O2/c1-10-7-12(15)8-11(2)14(10)19-9-13(18)17(3)6-4-5-16/h7-8H,4,6,9H2,1-3H3. The predicted octanol–water partition coefficient (Wildman–Crippen LogP) is 2.71. The van der Waals surface area contributed by atoms with Gasteiger partial charge in [0.25, 0.3) is 5.91 Å². The molecule has 0 aliphatic carbocycles. The lowest BCUT2D eigenvalue weighted by Gasteiger charge is -2.17. The minimum atomic E-state index is -0.149. The molecule has 1 amide bonds. The number of carbonyl (C=O) groups is 1. The highest BCUT2D eigenvalue weighted by Crippen LogP contribution is 2.26. The van der Waals surface area contributed by atoms with Gasteiger partial charge in [0.1, 0.15) is 5.75 Å². The summed E-state index contributed by atoms with van der Waals surface area (Å²) in [6, 6.07) is 5.60. The molecule has 1 rings (SSSR count). The number of rotatable bonds is 5. The molecule has 0 aromatic heterocycles. The minimum Gasteiger partial charge on any atom is -0.483 e. The van der Waals surface area contributed by atoms with Crippen LogP contribution < -0.4 is 4.74 Å². The summed E-state index contributed by atoms with van der Waals surface area (Å²) in [5.74, 6) is 0.537. The van der Waals surface area contributed by atoms with Crippen LogP contribution in [0.5, 0.6) is 5.75 Å². The van der Waals surface area contributed by atoms with Crippen molar-refractivity contribution in [1.29, 1.82) is 5.26 Å². The van der Waals surface area contributed by atoms with Gasteiger partial charge in [-0.15, -0.1) is 0 Å². The van der Waals surface area contributed by atoms with Gasteiger partial charge >= 0.3 is 0 Å². The van der Waals surface area contributed by atoms with Crippen LogP contribution in [0.25, 0.3) is 0 Å². The molecule has 4 nitrogen and oxygen atoms in total. The summed E-state index contributed by atoms with van der Waals surface area (Å²) in [4.78, 5) is 13.3. The van der Waals surface area contributed by atoms with E-state index in [1.54, 1.807) is 19.2 Å². The highest BCUT2D eigenvalue weighted by molar-refractivity contribution is 6.30. The summed E-state index contributed by atoms with van der Waals surface area (Å²) in [5.41, 5.74) is 1.80. The van der Waals surface area contributed by atoms with Crippen molar-refractivity contribution in [3.63, 3.8) is 0 Å². The molecule has 0 unspecified atom stereocenters. The molecule has 102 valence electrons. The molecule has 0 atom stereocenters. The summed E-state index contributed by atoms with van der Waals surface area (Å²) in [6.07, 6.45) is 0.321. The van der Waals surface area contributed by atoms with Crippen molar-refractivity contribution in [3.05, 3.63) is 28.3 Å². The quantitative estimate of drug-likeness (QED) is 0.833. The summed E-state index contributed by atoms with van der Waals surface area (Å²) < 4.78 is 5.55. The highest BCUT2D eigenvalue weighted by Gasteiger charge is 2.12. The number of benzene rings is 1. The first kappa shape index (κ1) is 15.3. The van der Waals surface area contributed by atoms with Crippen LogP contribution in [0.15, 0.2) is 12.1 Å². The zero-order valence-electron chi connectivity index (χ0n) is 11.4. The lowest BCUT2D eigenvalue weighted by molar-refractivity contribution is -0.132. The fraction of sp³-hybridized carbons (Fsp3) is 0.429. The van der Waals surface area contributed by atoms with Crippen LogP contribution in [-0.4, -0.2) is 31.0 Å². The number of nitrogens with zero attached hydrogens (tertiary/aromatic N) is 2. The third-order valence-corrected chi connectivity index (χ3v) is 2.97. The SMILES string of the molecule is Cc1cc(Cl)cc(C)c1OCC(=O)N(C)CCC#N. The average molecular weight is 281 g/mol. The summed E-state index contributed by atoms with van der Waals surface area (Å²) in [6.45, 7) is 4.15. The molecule has 0 saturated carbocycles. The molecule has 0 spiro atoms. The van der Waals surface area contributed by atoms with Gasteiger partial charge in [0.05, 0.1) is 12.5 Å². The van der Waals surface area contributed by atoms with Crippen molar-refractivity contribution < 1.29 is 9.53 Å². The van der Waals surface area contributed by atoms with Gasteiger partial charge in [-0.05, 0) is 37.1 Å². The molecule has 0 aliphatic rings. The normalized spacial score (nSPS) is 9.84. The Hall–Kier alpha value is -1.73. The van der Waals surface area contributed by atoms with Crippen molar-refractivity contribution in [2.24, 2.45) is 0 Å². The van der Waals surface area contributed by atoms with E-state index in [1.165, 1.54) is 4.90 Å². The Morgan fingerprint density at radius 2 is 2.00 bits per heavy atom. The van der Waals surface area contributed by atoms with Gasteiger partial charge in [-0.2, -0.15) is 5.26 Å². The maximum Gasteiger partial charge on any atom is 0.260 e.